The lowest BCUT2D eigenvalue weighted by Gasteiger charge is -2.06. The lowest BCUT2D eigenvalue weighted by molar-refractivity contribution is 0.833. The van der Waals surface area contributed by atoms with Crippen molar-refractivity contribution in [2.45, 2.75) is 31.7 Å². The van der Waals surface area contributed by atoms with Crippen LogP contribution in [0, 0.1) is 20.8 Å². The molecule has 0 saturated carbocycles. The maximum absolute atomic E-state index is 5.75. The maximum Gasteiger partial charge on any atom is 0.190 e. The summed E-state index contributed by atoms with van der Waals surface area (Å²) in [5, 5.41) is 5.21. The Bertz CT molecular complexity index is 803. The highest BCUT2D eigenvalue weighted by atomic mass is 32.2. The zero-order chi connectivity index (χ0) is 16.4. The second-order valence-electron chi connectivity index (χ2n) is 5.51. The van der Waals surface area contributed by atoms with Crippen LogP contribution in [-0.4, -0.2) is 19.7 Å². The van der Waals surface area contributed by atoms with Gasteiger partial charge in [-0.2, -0.15) is 5.10 Å². The zero-order valence-electron chi connectivity index (χ0n) is 13.4. The van der Waals surface area contributed by atoms with Crippen molar-refractivity contribution in [3.05, 3.63) is 59.0 Å². The molecule has 118 valence electrons. The molecular formula is C17H19N5S. The minimum absolute atomic E-state index is 0.514. The zero-order valence-corrected chi connectivity index (χ0v) is 14.3. The van der Waals surface area contributed by atoms with Gasteiger partial charge in [-0.15, -0.1) is 0 Å². The molecule has 2 heterocycles. The van der Waals surface area contributed by atoms with Crippen molar-refractivity contribution in [2.75, 3.05) is 5.73 Å². The van der Waals surface area contributed by atoms with Gasteiger partial charge >= 0.3 is 0 Å². The van der Waals surface area contributed by atoms with E-state index < -0.39 is 0 Å². The van der Waals surface area contributed by atoms with Crippen LogP contribution < -0.4 is 5.73 Å². The number of thioether (sulfide) groups is 1. The van der Waals surface area contributed by atoms with E-state index in [-0.39, 0.29) is 0 Å². The van der Waals surface area contributed by atoms with E-state index in [1.54, 1.807) is 17.8 Å². The molecule has 2 N–H and O–H groups in total. The lowest BCUT2D eigenvalue weighted by atomic mass is 10.2. The Balaban J connectivity index is 1.71. The Kier molecular flexibility index (Phi) is 4.34. The topological polar surface area (TPSA) is 69.6 Å². The number of nitrogen functional groups attached to an aromatic ring is 1. The van der Waals surface area contributed by atoms with Crippen molar-refractivity contribution in [3.8, 4) is 5.69 Å². The molecule has 0 spiro atoms. The number of anilines is 1. The van der Waals surface area contributed by atoms with Crippen LogP contribution in [0.1, 0.15) is 22.6 Å². The van der Waals surface area contributed by atoms with E-state index in [9.17, 15) is 0 Å². The highest BCUT2D eigenvalue weighted by Crippen LogP contribution is 2.21. The molecule has 2 aromatic heterocycles. The van der Waals surface area contributed by atoms with Gasteiger partial charge in [-0.3, -0.25) is 0 Å². The number of benzene rings is 1. The van der Waals surface area contributed by atoms with Gasteiger partial charge < -0.3 is 5.73 Å². The number of rotatable bonds is 4. The van der Waals surface area contributed by atoms with Gasteiger partial charge in [0.05, 0.1) is 11.4 Å². The van der Waals surface area contributed by atoms with Crippen molar-refractivity contribution < 1.29 is 0 Å². The summed E-state index contributed by atoms with van der Waals surface area (Å²) in [5.41, 5.74) is 11.1. The van der Waals surface area contributed by atoms with E-state index in [1.807, 2.05) is 18.5 Å². The summed E-state index contributed by atoms with van der Waals surface area (Å²) >= 11 is 1.59. The molecule has 0 unspecified atom stereocenters. The van der Waals surface area contributed by atoms with E-state index >= 15 is 0 Å². The Morgan fingerprint density at radius 3 is 2.35 bits per heavy atom. The third kappa shape index (κ3) is 3.71. The van der Waals surface area contributed by atoms with Crippen LogP contribution in [0.5, 0.6) is 0 Å². The molecule has 0 aliphatic carbocycles. The van der Waals surface area contributed by atoms with Crippen LogP contribution >= 0.6 is 11.8 Å². The van der Waals surface area contributed by atoms with Crippen molar-refractivity contribution in [3.63, 3.8) is 0 Å². The van der Waals surface area contributed by atoms with Gasteiger partial charge in [0.1, 0.15) is 5.82 Å². The average molecular weight is 325 g/mol. The Morgan fingerprint density at radius 2 is 1.74 bits per heavy atom. The SMILES string of the molecule is Cc1cc(N)nc(SCc2ccc(-n3nc(C)cc3C)cc2)n1. The van der Waals surface area contributed by atoms with E-state index in [0.29, 0.717) is 11.0 Å². The molecule has 1 aromatic carbocycles. The number of nitrogens with zero attached hydrogens (tertiary/aromatic N) is 4. The minimum Gasteiger partial charge on any atom is -0.384 e. The first kappa shape index (κ1) is 15.6. The molecule has 6 heteroatoms. The van der Waals surface area contributed by atoms with Crippen LogP contribution in [0.4, 0.5) is 5.82 Å². The number of nitrogens with two attached hydrogens (primary N) is 1. The molecule has 0 amide bonds. The van der Waals surface area contributed by atoms with Crippen LogP contribution in [0.3, 0.4) is 0 Å². The second-order valence-corrected chi connectivity index (χ2v) is 6.45. The summed E-state index contributed by atoms with van der Waals surface area (Å²) in [4.78, 5) is 8.63. The molecule has 0 aliphatic heterocycles. The molecule has 3 rings (SSSR count). The van der Waals surface area contributed by atoms with Crippen LogP contribution in [0.15, 0.2) is 41.6 Å². The predicted molar refractivity (Wildman–Crippen MR) is 93.8 cm³/mol. The minimum atomic E-state index is 0.514. The first-order chi connectivity index (χ1) is 11.0. The monoisotopic (exact) mass is 325 g/mol. The summed E-state index contributed by atoms with van der Waals surface area (Å²) in [7, 11) is 0. The van der Waals surface area contributed by atoms with E-state index in [0.717, 1.165) is 28.5 Å². The summed E-state index contributed by atoms with van der Waals surface area (Å²) in [6.07, 6.45) is 0. The molecular weight excluding hydrogens is 306 g/mol. The number of aromatic nitrogens is 4. The maximum atomic E-state index is 5.75. The van der Waals surface area contributed by atoms with Crippen LogP contribution in [-0.2, 0) is 5.75 Å². The molecule has 0 bridgehead atoms. The lowest BCUT2D eigenvalue weighted by Crippen LogP contribution is -1.99. The molecule has 23 heavy (non-hydrogen) atoms. The molecule has 0 saturated heterocycles. The Hall–Kier alpha value is -2.34. The quantitative estimate of drug-likeness (QED) is 0.587. The van der Waals surface area contributed by atoms with E-state index in [1.165, 1.54) is 5.56 Å². The largest absolute Gasteiger partial charge is 0.384 e. The number of aryl methyl sites for hydroxylation is 3. The average Bonchev–Trinajstić information content (AvgIpc) is 2.83. The molecule has 0 aliphatic rings. The molecule has 0 atom stereocenters. The van der Waals surface area contributed by atoms with Gasteiger partial charge in [0.15, 0.2) is 5.16 Å². The molecule has 5 nitrogen and oxygen atoms in total. The van der Waals surface area contributed by atoms with Crippen molar-refractivity contribution in [1.29, 1.82) is 0 Å². The Morgan fingerprint density at radius 1 is 1.00 bits per heavy atom. The van der Waals surface area contributed by atoms with Gasteiger partial charge in [-0.1, -0.05) is 23.9 Å². The summed E-state index contributed by atoms with van der Waals surface area (Å²) in [5.74, 6) is 1.32. The summed E-state index contributed by atoms with van der Waals surface area (Å²) in [6, 6.07) is 12.2. The normalized spacial score (nSPS) is 10.9. The van der Waals surface area contributed by atoms with Crippen molar-refractivity contribution >= 4 is 17.6 Å². The fraction of sp³-hybridized carbons (Fsp3) is 0.235. The third-order valence-electron chi connectivity index (χ3n) is 3.41. The summed E-state index contributed by atoms with van der Waals surface area (Å²) < 4.78 is 1.95. The Labute approximate surface area is 140 Å². The van der Waals surface area contributed by atoms with Gasteiger partial charge in [-0.25, -0.2) is 14.6 Å². The van der Waals surface area contributed by atoms with E-state index in [2.05, 4.69) is 52.3 Å². The molecule has 3 aromatic rings. The number of hydrogen-bond donors (Lipinski definition) is 1. The smallest absolute Gasteiger partial charge is 0.190 e. The fourth-order valence-corrected chi connectivity index (χ4v) is 3.27. The van der Waals surface area contributed by atoms with Crippen LogP contribution in [0.2, 0.25) is 0 Å². The fourth-order valence-electron chi connectivity index (χ4n) is 2.40. The van der Waals surface area contributed by atoms with Crippen LogP contribution in [0.25, 0.3) is 5.69 Å². The highest BCUT2D eigenvalue weighted by Gasteiger charge is 2.05. The first-order valence-electron chi connectivity index (χ1n) is 7.38. The van der Waals surface area contributed by atoms with Crippen molar-refractivity contribution in [1.82, 2.24) is 19.7 Å². The van der Waals surface area contributed by atoms with Gasteiger partial charge in [0.2, 0.25) is 0 Å². The van der Waals surface area contributed by atoms with Gasteiger partial charge in [0.25, 0.3) is 0 Å². The second kappa shape index (κ2) is 6.42. The molecule has 0 radical (unpaired) electrons. The highest BCUT2D eigenvalue weighted by molar-refractivity contribution is 7.98. The number of hydrogen-bond acceptors (Lipinski definition) is 5. The third-order valence-corrected chi connectivity index (χ3v) is 4.33. The summed E-state index contributed by atoms with van der Waals surface area (Å²) in [6.45, 7) is 5.98. The van der Waals surface area contributed by atoms with Gasteiger partial charge in [0, 0.05) is 23.2 Å². The molecule has 0 fully saturated rings. The predicted octanol–water partition coefficient (Wildman–Crippen LogP) is 3.46. The van der Waals surface area contributed by atoms with Gasteiger partial charge in [-0.05, 0) is 44.5 Å². The van der Waals surface area contributed by atoms with Crippen molar-refractivity contribution in [2.24, 2.45) is 0 Å². The first-order valence-corrected chi connectivity index (χ1v) is 8.36. The van der Waals surface area contributed by atoms with E-state index in [4.69, 9.17) is 5.73 Å². The standard InChI is InChI=1S/C17H19N5S/c1-11-9-16(18)20-17(19-11)23-10-14-4-6-15(7-5-14)22-13(3)8-12(2)21-22/h4-9H,10H2,1-3H3,(H2,18,19,20).